The van der Waals surface area contributed by atoms with Gasteiger partial charge in [0.15, 0.2) is 0 Å². The topological polar surface area (TPSA) is 35.8 Å². The molecule has 17 heavy (non-hydrogen) atoms. The van der Waals surface area contributed by atoms with Crippen LogP contribution in [0.1, 0.15) is 20.3 Å². The van der Waals surface area contributed by atoms with Gasteiger partial charge in [-0.1, -0.05) is 34.8 Å². The number of anilines is 1. The number of nitriles is 1. The molecule has 2 nitrogen and oxygen atoms in total. The lowest BCUT2D eigenvalue weighted by molar-refractivity contribution is 0.466. The van der Waals surface area contributed by atoms with Crippen molar-refractivity contribution in [2.45, 2.75) is 20.3 Å². The maximum atomic E-state index is 8.88. The number of rotatable bonds is 4. The molecule has 0 aliphatic heterocycles. The van der Waals surface area contributed by atoms with Crippen LogP contribution in [0.5, 0.6) is 0 Å². The predicted octanol–water partition coefficient (Wildman–Crippen LogP) is 5.00. The molecule has 1 N–H and O–H groups in total. The molecule has 0 atom stereocenters. The first-order valence-corrected chi connectivity index (χ1v) is 6.29. The van der Waals surface area contributed by atoms with Gasteiger partial charge in [-0.2, -0.15) is 5.26 Å². The third-order valence-corrected chi connectivity index (χ3v) is 3.41. The third kappa shape index (κ3) is 4.27. The highest BCUT2D eigenvalue weighted by Gasteiger charge is 2.16. The largest absolute Gasteiger partial charge is 0.384 e. The van der Waals surface area contributed by atoms with Gasteiger partial charge in [0.2, 0.25) is 0 Å². The highest BCUT2D eigenvalue weighted by Crippen LogP contribution is 2.32. The lowest BCUT2D eigenvalue weighted by Gasteiger charge is -2.16. The summed E-state index contributed by atoms with van der Waals surface area (Å²) in [4.78, 5) is 0. The van der Waals surface area contributed by atoms with Crippen LogP contribution in [0.2, 0.25) is 15.1 Å². The minimum absolute atomic E-state index is 0.351. The number of nitrogens with one attached hydrogen (secondary N) is 1. The van der Waals surface area contributed by atoms with Gasteiger partial charge in [-0.25, -0.2) is 0 Å². The summed E-state index contributed by atoms with van der Waals surface area (Å²) in [5.41, 5.74) is 0.380. The average Bonchev–Trinajstić information content (AvgIpc) is 2.25. The number of hydrogen-bond donors (Lipinski definition) is 1. The van der Waals surface area contributed by atoms with Crippen molar-refractivity contribution in [1.29, 1.82) is 5.26 Å². The van der Waals surface area contributed by atoms with E-state index in [1.165, 1.54) is 0 Å². The van der Waals surface area contributed by atoms with E-state index >= 15 is 0 Å². The van der Waals surface area contributed by atoms with Crippen LogP contribution in [0.25, 0.3) is 0 Å². The average molecular weight is 292 g/mol. The molecule has 0 fully saturated rings. The van der Waals surface area contributed by atoms with Crippen molar-refractivity contribution in [2.24, 2.45) is 5.41 Å². The van der Waals surface area contributed by atoms with Gasteiger partial charge in [0.05, 0.1) is 32.2 Å². The molecule has 0 unspecified atom stereocenters. The zero-order valence-electron chi connectivity index (χ0n) is 9.65. The maximum absolute atomic E-state index is 8.88. The Kier molecular flexibility index (Phi) is 4.94. The van der Waals surface area contributed by atoms with Crippen molar-refractivity contribution in [3.8, 4) is 6.07 Å². The molecule has 92 valence electrons. The summed E-state index contributed by atoms with van der Waals surface area (Å²) in [5, 5.41) is 13.4. The second kappa shape index (κ2) is 5.82. The second-order valence-corrected chi connectivity index (χ2v) is 5.64. The van der Waals surface area contributed by atoms with Gasteiger partial charge in [-0.15, -0.1) is 0 Å². The molecule has 1 rings (SSSR count). The fourth-order valence-corrected chi connectivity index (χ4v) is 1.84. The quantitative estimate of drug-likeness (QED) is 0.793. The van der Waals surface area contributed by atoms with E-state index in [9.17, 15) is 0 Å². The maximum Gasteiger partial charge on any atom is 0.0684 e. The lowest BCUT2D eigenvalue weighted by Crippen LogP contribution is -2.14. The van der Waals surface area contributed by atoms with Crippen LogP contribution in [-0.4, -0.2) is 6.54 Å². The van der Waals surface area contributed by atoms with Gasteiger partial charge in [0.1, 0.15) is 0 Å². The highest BCUT2D eigenvalue weighted by atomic mass is 35.5. The van der Waals surface area contributed by atoms with Crippen LogP contribution in [-0.2, 0) is 0 Å². The molecule has 0 heterocycles. The molecule has 0 saturated heterocycles. The Bertz CT molecular complexity index is 450. The van der Waals surface area contributed by atoms with Gasteiger partial charge in [0.25, 0.3) is 0 Å². The zero-order valence-corrected chi connectivity index (χ0v) is 11.9. The zero-order chi connectivity index (χ0) is 13.1. The minimum atomic E-state index is -0.351. The van der Waals surface area contributed by atoms with Crippen LogP contribution in [0.15, 0.2) is 12.1 Å². The summed E-state index contributed by atoms with van der Waals surface area (Å²) in [6, 6.07) is 5.53. The van der Waals surface area contributed by atoms with Crippen LogP contribution >= 0.6 is 34.8 Å². The summed E-state index contributed by atoms with van der Waals surface area (Å²) < 4.78 is 0. The first-order chi connectivity index (χ1) is 7.85. The fraction of sp³-hybridized carbons (Fsp3) is 0.417. The Labute approximate surface area is 116 Å². The Hall–Kier alpha value is -0.620. The van der Waals surface area contributed by atoms with Gasteiger partial charge in [0, 0.05) is 6.54 Å². The van der Waals surface area contributed by atoms with Crippen molar-refractivity contribution in [2.75, 3.05) is 11.9 Å². The molecule has 1 aromatic rings. The number of nitrogens with zero attached hydrogens (tertiary/aromatic N) is 1. The molecule has 5 heteroatoms. The van der Waals surface area contributed by atoms with E-state index in [-0.39, 0.29) is 5.41 Å². The van der Waals surface area contributed by atoms with Crippen molar-refractivity contribution in [3.05, 3.63) is 27.2 Å². The van der Waals surface area contributed by atoms with Crippen LogP contribution in [0, 0.1) is 16.7 Å². The predicted molar refractivity (Wildman–Crippen MR) is 74.0 cm³/mol. The summed E-state index contributed by atoms with van der Waals surface area (Å²) in [6.45, 7) is 4.44. The number of benzene rings is 1. The highest BCUT2D eigenvalue weighted by molar-refractivity contribution is 6.44. The van der Waals surface area contributed by atoms with E-state index in [1.807, 2.05) is 13.8 Å². The third-order valence-electron chi connectivity index (χ3n) is 2.38. The van der Waals surface area contributed by atoms with Gasteiger partial charge >= 0.3 is 0 Å². The molecule has 1 aromatic carbocycles. The first-order valence-electron chi connectivity index (χ1n) is 5.15. The van der Waals surface area contributed by atoms with Crippen molar-refractivity contribution in [3.63, 3.8) is 0 Å². The van der Waals surface area contributed by atoms with Crippen molar-refractivity contribution in [1.82, 2.24) is 0 Å². The van der Waals surface area contributed by atoms with Crippen LogP contribution < -0.4 is 5.32 Å². The SMILES string of the molecule is CC(C)(C#N)CCNc1cc(Cl)c(Cl)cc1Cl. The van der Waals surface area contributed by atoms with E-state index in [4.69, 9.17) is 40.1 Å². The Morgan fingerprint density at radius 1 is 1.18 bits per heavy atom. The summed E-state index contributed by atoms with van der Waals surface area (Å²) >= 11 is 17.7. The van der Waals surface area contributed by atoms with Gasteiger partial charge in [-0.05, 0) is 32.4 Å². The Balaban J connectivity index is 2.65. The Morgan fingerprint density at radius 2 is 1.76 bits per heavy atom. The molecule has 0 saturated carbocycles. The molecule has 0 radical (unpaired) electrons. The Morgan fingerprint density at radius 3 is 2.35 bits per heavy atom. The van der Waals surface area contributed by atoms with E-state index in [2.05, 4.69) is 11.4 Å². The van der Waals surface area contributed by atoms with E-state index in [0.29, 0.717) is 21.6 Å². The molecule has 0 aliphatic rings. The molecule has 0 aliphatic carbocycles. The normalized spacial score (nSPS) is 11.1. The first kappa shape index (κ1) is 14.4. The molecule has 0 amide bonds. The van der Waals surface area contributed by atoms with E-state index < -0.39 is 0 Å². The number of halogens is 3. The smallest absolute Gasteiger partial charge is 0.0684 e. The van der Waals surface area contributed by atoms with Crippen LogP contribution in [0.4, 0.5) is 5.69 Å². The lowest BCUT2D eigenvalue weighted by atomic mass is 9.91. The van der Waals surface area contributed by atoms with Gasteiger partial charge < -0.3 is 5.32 Å². The summed E-state index contributed by atoms with van der Waals surface area (Å²) in [5.74, 6) is 0. The molecule has 0 bridgehead atoms. The molecular weight excluding hydrogens is 279 g/mol. The summed E-state index contributed by atoms with van der Waals surface area (Å²) in [6.07, 6.45) is 0.722. The molecule has 0 aromatic heterocycles. The van der Waals surface area contributed by atoms with Crippen molar-refractivity contribution >= 4 is 40.5 Å². The van der Waals surface area contributed by atoms with Crippen LogP contribution in [0.3, 0.4) is 0 Å². The fourth-order valence-electron chi connectivity index (χ4n) is 1.22. The van der Waals surface area contributed by atoms with E-state index in [0.717, 1.165) is 12.1 Å². The standard InChI is InChI=1S/C12H13Cl3N2/c1-12(2,7-16)3-4-17-11-6-9(14)8(13)5-10(11)15/h5-6,17H,3-4H2,1-2H3. The molecular formula is C12H13Cl3N2. The van der Waals surface area contributed by atoms with Gasteiger partial charge in [-0.3, -0.25) is 0 Å². The second-order valence-electron chi connectivity index (χ2n) is 4.42. The monoisotopic (exact) mass is 290 g/mol. The number of hydrogen-bond acceptors (Lipinski definition) is 2. The summed E-state index contributed by atoms with van der Waals surface area (Å²) in [7, 11) is 0. The van der Waals surface area contributed by atoms with Crippen molar-refractivity contribution < 1.29 is 0 Å². The van der Waals surface area contributed by atoms with E-state index in [1.54, 1.807) is 12.1 Å². The minimum Gasteiger partial charge on any atom is -0.384 e. The molecule has 0 spiro atoms.